The molecule has 3 fully saturated rings. The number of benzene rings is 1. The molecule has 0 atom stereocenters. The van der Waals surface area contributed by atoms with Crippen molar-refractivity contribution in [2.75, 3.05) is 18.0 Å². The zero-order valence-corrected chi connectivity index (χ0v) is 20.5. The number of anilines is 1. The van der Waals surface area contributed by atoms with Gasteiger partial charge in [0.05, 0.1) is 24.6 Å². The highest BCUT2D eigenvalue weighted by Gasteiger charge is 2.57. The van der Waals surface area contributed by atoms with E-state index in [9.17, 15) is 13.2 Å². The maximum absolute atomic E-state index is 13.9. The van der Waals surface area contributed by atoms with Gasteiger partial charge in [-0.3, -0.25) is 9.47 Å². The van der Waals surface area contributed by atoms with Crippen LogP contribution >= 0.6 is 11.6 Å². The predicted molar refractivity (Wildman–Crippen MR) is 127 cm³/mol. The van der Waals surface area contributed by atoms with Gasteiger partial charge in [-0.2, -0.15) is 0 Å². The van der Waals surface area contributed by atoms with Gasteiger partial charge in [0, 0.05) is 54.4 Å². The van der Waals surface area contributed by atoms with Gasteiger partial charge in [-0.05, 0) is 43.5 Å². The zero-order chi connectivity index (χ0) is 24.9. The summed E-state index contributed by atoms with van der Waals surface area (Å²) in [6.45, 7) is 4.57. The fraction of sp³-hybridized carbons (Fsp3) is 0.520. The van der Waals surface area contributed by atoms with Gasteiger partial charge in [-0.15, -0.1) is 10.2 Å². The average Bonchev–Trinajstić information content (AvgIpc) is 3.06. The van der Waals surface area contributed by atoms with Gasteiger partial charge in [0.15, 0.2) is 11.6 Å². The van der Waals surface area contributed by atoms with Crippen molar-refractivity contribution in [1.29, 1.82) is 0 Å². The molecule has 11 heteroatoms. The Morgan fingerprint density at radius 3 is 2.44 bits per heavy atom. The van der Waals surface area contributed by atoms with Crippen molar-refractivity contribution in [3.8, 4) is 5.69 Å². The second kappa shape index (κ2) is 7.41. The van der Waals surface area contributed by atoms with Crippen LogP contribution in [0.2, 0.25) is 5.02 Å². The number of alkyl halides is 2. The smallest absolute Gasteiger partial charge is 0.251 e. The third-order valence-electron chi connectivity index (χ3n) is 8.44. The SMILES string of the molecule is CC1(N2Cc3cc(Cl)ccc3-n3c(nnc3C3CC4(C3)CN(c3ncc(F)cn3)C4)C2)CC(F)(F)C1. The Balaban J connectivity index is 1.14. The van der Waals surface area contributed by atoms with Gasteiger partial charge in [0.25, 0.3) is 5.92 Å². The summed E-state index contributed by atoms with van der Waals surface area (Å²) >= 11 is 6.35. The Hall–Kier alpha value is -2.72. The molecule has 7 rings (SSSR count). The molecule has 0 radical (unpaired) electrons. The Kier molecular flexibility index (Phi) is 4.63. The van der Waals surface area contributed by atoms with E-state index in [0.717, 1.165) is 48.8 Å². The van der Waals surface area contributed by atoms with Crippen molar-refractivity contribution in [3.63, 3.8) is 0 Å². The van der Waals surface area contributed by atoms with Crippen LogP contribution in [0.25, 0.3) is 5.69 Å². The summed E-state index contributed by atoms with van der Waals surface area (Å²) in [5.74, 6) is -0.554. The van der Waals surface area contributed by atoms with Gasteiger partial charge in [-0.25, -0.2) is 23.1 Å². The lowest BCUT2D eigenvalue weighted by Gasteiger charge is -2.58. The molecule has 3 aromatic rings. The van der Waals surface area contributed by atoms with Crippen LogP contribution in [-0.4, -0.2) is 54.2 Å². The van der Waals surface area contributed by atoms with Crippen molar-refractivity contribution in [3.05, 3.63) is 58.6 Å². The molecule has 2 aliphatic carbocycles. The first-order chi connectivity index (χ1) is 17.1. The van der Waals surface area contributed by atoms with Crippen LogP contribution in [0.3, 0.4) is 0 Å². The van der Waals surface area contributed by atoms with Crippen LogP contribution in [0.1, 0.15) is 55.7 Å². The molecular weight excluding hydrogens is 491 g/mol. The summed E-state index contributed by atoms with van der Waals surface area (Å²) in [5.41, 5.74) is 1.56. The Morgan fingerprint density at radius 2 is 1.75 bits per heavy atom. The molecule has 1 spiro atoms. The van der Waals surface area contributed by atoms with E-state index in [2.05, 4.69) is 34.5 Å². The first kappa shape index (κ1) is 22.5. The highest BCUT2D eigenvalue weighted by atomic mass is 35.5. The number of aromatic nitrogens is 5. The summed E-state index contributed by atoms with van der Waals surface area (Å²) in [6, 6.07) is 5.77. The first-order valence-corrected chi connectivity index (χ1v) is 12.6. The molecule has 0 amide bonds. The molecule has 36 heavy (non-hydrogen) atoms. The van der Waals surface area contributed by atoms with Gasteiger partial charge in [0.1, 0.15) is 5.82 Å². The zero-order valence-electron chi connectivity index (χ0n) is 19.8. The molecule has 4 heterocycles. The standard InChI is InChI=1S/C25H25ClF3N7/c1-23(11-25(28,29)12-23)35-9-15-4-17(26)2-3-19(15)36-20(10-35)32-33-21(36)16-5-24(6-16)13-34(14-24)22-30-7-18(27)8-31-22/h2-4,7-8,16H,5-6,9-14H2,1H3. The summed E-state index contributed by atoms with van der Waals surface area (Å²) < 4.78 is 43.0. The highest BCUT2D eigenvalue weighted by Crippen LogP contribution is 2.57. The van der Waals surface area contributed by atoms with E-state index in [0.29, 0.717) is 24.1 Å². The van der Waals surface area contributed by atoms with E-state index in [1.807, 2.05) is 25.1 Å². The third kappa shape index (κ3) is 3.44. The molecule has 4 aliphatic rings. The molecule has 7 nitrogen and oxygen atoms in total. The highest BCUT2D eigenvalue weighted by molar-refractivity contribution is 6.30. The second-order valence-electron chi connectivity index (χ2n) is 11.3. The van der Waals surface area contributed by atoms with Crippen LogP contribution in [0.5, 0.6) is 0 Å². The van der Waals surface area contributed by atoms with E-state index < -0.39 is 17.3 Å². The summed E-state index contributed by atoms with van der Waals surface area (Å²) in [4.78, 5) is 12.4. The van der Waals surface area contributed by atoms with Crippen molar-refractivity contribution in [1.82, 2.24) is 29.6 Å². The molecule has 2 aromatic heterocycles. The summed E-state index contributed by atoms with van der Waals surface area (Å²) in [5, 5.41) is 9.78. The molecule has 2 saturated carbocycles. The number of halogens is 4. The fourth-order valence-electron chi connectivity index (χ4n) is 6.76. The van der Waals surface area contributed by atoms with Crippen molar-refractivity contribution < 1.29 is 13.2 Å². The van der Waals surface area contributed by atoms with Crippen LogP contribution in [0, 0.1) is 11.2 Å². The fourth-order valence-corrected chi connectivity index (χ4v) is 6.95. The Morgan fingerprint density at radius 1 is 1.03 bits per heavy atom. The summed E-state index contributed by atoms with van der Waals surface area (Å²) in [6.07, 6.45) is 4.02. The molecule has 1 aromatic carbocycles. The van der Waals surface area contributed by atoms with Gasteiger partial charge in [0.2, 0.25) is 5.95 Å². The third-order valence-corrected chi connectivity index (χ3v) is 8.67. The van der Waals surface area contributed by atoms with Crippen LogP contribution in [-0.2, 0) is 13.1 Å². The quantitative estimate of drug-likeness (QED) is 0.502. The predicted octanol–water partition coefficient (Wildman–Crippen LogP) is 4.74. The van der Waals surface area contributed by atoms with E-state index in [4.69, 9.17) is 11.6 Å². The van der Waals surface area contributed by atoms with Crippen LogP contribution in [0.4, 0.5) is 19.1 Å². The Labute approximate surface area is 211 Å². The van der Waals surface area contributed by atoms with E-state index in [1.54, 1.807) is 0 Å². The Bertz CT molecular complexity index is 1340. The maximum Gasteiger partial charge on any atom is 0.251 e. The molecule has 2 aliphatic heterocycles. The minimum absolute atomic E-state index is 0.156. The maximum atomic E-state index is 13.9. The minimum Gasteiger partial charge on any atom is -0.340 e. The normalized spacial score (nSPS) is 23.8. The van der Waals surface area contributed by atoms with E-state index in [1.165, 1.54) is 12.4 Å². The molecule has 0 unspecified atom stereocenters. The monoisotopic (exact) mass is 515 g/mol. The van der Waals surface area contributed by atoms with Crippen LogP contribution < -0.4 is 4.90 Å². The number of hydrogen-bond donors (Lipinski definition) is 0. The lowest BCUT2D eigenvalue weighted by atomic mass is 9.57. The average molecular weight is 516 g/mol. The topological polar surface area (TPSA) is 63.0 Å². The van der Waals surface area contributed by atoms with Gasteiger partial charge in [-0.1, -0.05) is 11.6 Å². The van der Waals surface area contributed by atoms with E-state index in [-0.39, 0.29) is 24.2 Å². The minimum atomic E-state index is -2.62. The molecule has 188 valence electrons. The van der Waals surface area contributed by atoms with Gasteiger partial charge >= 0.3 is 0 Å². The lowest BCUT2D eigenvalue weighted by molar-refractivity contribution is -0.173. The molecule has 1 saturated heterocycles. The van der Waals surface area contributed by atoms with Crippen molar-refractivity contribution >= 4 is 17.5 Å². The van der Waals surface area contributed by atoms with E-state index >= 15 is 0 Å². The second-order valence-corrected chi connectivity index (χ2v) is 11.7. The first-order valence-electron chi connectivity index (χ1n) is 12.2. The van der Waals surface area contributed by atoms with Crippen molar-refractivity contribution in [2.45, 2.75) is 63.1 Å². The number of hydrogen-bond acceptors (Lipinski definition) is 6. The molecular formula is C25H25ClF3N7. The summed E-state index contributed by atoms with van der Waals surface area (Å²) in [7, 11) is 0. The van der Waals surface area contributed by atoms with Crippen molar-refractivity contribution in [2.24, 2.45) is 5.41 Å². The molecule has 0 bridgehead atoms. The number of nitrogens with zero attached hydrogens (tertiary/aromatic N) is 7. The number of rotatable bonds is 3. The lowest BCUT2D eigenvalue weighted by Crippen LogP contribution is -2.62. The van der Waals surface area contributed by atoms with Crippen LogP contribution in [0.15, 0.2) is 30.6 Å². The number of fused-ring (bicyclic) bond motifs is 3. The van der Waals surface area contributed by atoms with Gasteiger partial charge < -0.3 is 4.90 Å². The largest absolute Gasteiger partial charge is 0.340 e. The molecule has 0 N–H and O–H groups in total.